The summed E-state index contributed by atoms with van der Waals surface area (Å²) in [5.74, 6) is 0. The van der Waals surface area contributed by atoms with Gasteiger partial charge in [-0.1, -0.05) is 90.1 Å². The van der Waals surface area contributed by atoms with Crippen molar-refractivity contribution in [1.82, 2.24) is 0 Å². The maximum Gasteiger partial charge on any atom is -0.00109 e. The van der Waals surface area contributed by atoms with Crippen LogP contribution in [0.15, 0.2) is 60.7 Å². The molecule has 0 amide bonds. The predicted molar refractivity (Wildman–Crippen MR) is 122 cm³/mol. The second-order valence-electron chi connectivity index (χ2n) is 9.79. The van der Waals surface area contributed by atoms with E-state index in [9.17, 15) is 0 Å². The van der Waals surface area contributed by atoms with Crippen LogP contribution in [0, 0.1) is 12.1 Å². The highest BCUT2D eigenvalue weighted by Gasteiger charge is 2.21. The molecule has 0 aliphatic heterocycles. The molecule has 4 aromatic rings. The van der Waals surface area contributed by atoms with Gasteiger partial charge in [-0.3, -0.25) is 0 Å². The zero-order valence-corrected chi connectivity index (χ0v) is 17.8. The average Bonchev–Trinajstić information content (AvgIpc) is 2.65. The van der Waals surface area contributed by atoms with Crippen molar-refractivity contribution in [1.29, 1.82) is 0 Å². The van der Waals surface area contributed by atoms with Crippen molar-refractivity contribution in [2.75, 3.05) is 0 Å². The Morgan fingerprint density at radius 1 is 0.536 bits per heavy atom. The van der Waals surface area contributed by atoms with Crippen molar-refractivity contribution in [2.45, 2.75) is 52.4 Å². The van der Waals surface area contributed by atoms with Gasteiger partial charge in [0.15, 0.2) is 0 Å². The molecule has 0 N–H and O–H groups in total. The third kappa shape index (κ3) is 3.33. The van der Waals surface area contributed by atoms with Gasteiger partial charge in [0.05, 0.1) is 0 Å². The smallest absolute Gasteiger partial charge is 0.00109 e. The van der Waals surface area contributed by atoms with Gasteiger partial charge in [0.1, 0.15) is 0 Å². The van der Waals surface area contributed by atoms with E-state index in [0.717, 1.165) is 11.1 Å². The number of fused-ring (bicyclic) bond motifs is 2. The second-order valence-corrected chi connectivity index (χ2v) is 9.79. The standard InChI is InChI=1S/C28H28/c1-27(2,3)21-15-19-11-7-9-13-23(19)25(17-21)26-18-22(28(4,5)6)16-20-12-8-10-14-24(20)26/h7-16H,1-6H3. The molecule has 0 heteroatoms. The third-order valence-electron chi connectivity index (χ3n) is 5.45. The van der Waals surface area contributed by atoms with Gasteiger partial charge < -0.3 is 0 Å². The zero-order valence-electron chi connectivity index (χ0n) is 17.8. The van der Waals surface area contributed by atoms with Gasteiger partial charge in [0.25, 0.3) is 0 Å². The van der Waals surface area contributed by atoms with Crippen LogP contribution in [-0.4, -0.2) is 0 Å². The third-order valence-corrected chi connectivity index (χ3v) is 5.45. The number of rotatable bonds is 1. The highest BCUT2D eigenvalue weighted by molar-refractivity contribution is 6.05. The van der Waals surface area contributed by atoms with Gasteiger partial charge in [-0.25, -0.2) is 0 Å². The molecule has 0 fully saturated rings. The van der Waals surface area contributed by atoms with Crippen LogP contribution in [0.5, 0.6) is 0 Å². The molecule has 0 saturated carbocycles. The predicted octanol–water partition coefficient (Wildman–Crippen LogP) is 7.86. The minimum atomic E-state index is 0.0379. The first-order valence-corrected chi connectivity index (χ1v) is 10.1. The van der Waals surface area contributed by atoms with E-state index in [1.807, 2.05) is 0 Å². The minimum absolute atomic E-state index is 0.0379. The Hall–Kier alpha value is -2.60. The highest BCUT2D eigenvalue weighted by Crippen LogP contribution is 2.39. The van der Waals surface area contributed by atoms with Crippen LogP contribution in [0.3, 0.4) is 0 Å². The molecule has 28 heavy (non-hydrogen) atoms. The lowest BCUT2D eigenvalue weighted by molar-refractivity contribution is 0.589. The van der Waals surface area contributed by atoms with Gasteiger partial charge in [-0.15, -0.1) is 0 Å². The van der Waals surface area contributed by atoms with Gasteiger partial charge in [0, 0.05) is 0 Å². The molecular weight excluding hydrogens is 336 g/mol. The van der Waals surface area contributed by atoms with E-state index >= 15 is 0 Å². The molecule has 0 bridgehead atoms. The molecule has 0 unspecified atom stereocenters. The van der Waals surface area contributed by atoms with Crippen LogP contribution in [0.1, 0.15) is 52.7 Å². The summed E-state index contributed by atoms with van der Waals surface area (Å²) >= 11 is 0. The van der Waals surface area contributed by atoms with Crippen molar-refractivity contribution in [3.8, 4) is 11.1 Å². The van der Waals surface area contributed by atoms with Crippen molar-refractivity contribution < 1.29 is 0 Å². The first kappa shape index (κ1) is 18.7. The molecule has 0 spiro atoms. The molecule has 140 valence electrons. The molecule has 0 nitrogen and oxygen atoms in total. The van der Waals surface area contributed by atoms with E-state index in [-0.39, 0.29) is 10.8 Å². The van der Waals surface area contributed by atoms with Gasteiger partial charge in [-0.05, 0) is 78.9 Å². The number of hydrogen-bond donors (Lipinski definition) is 0. The Bertz CT molecular complexity index is 1070. The zero-order chi connectivity index (χ0) is 20.1. The minimum Gasteiger partial charge on any atom is -0.0616 e. The summed E-state index contributed by atoms with van der Waals surface area (Å²) in [5.41, 5.74) is 4.86. The summed E-state index contributed by atoms with van der Waals surface area (Å²) in [6.45, 7) is 13.5. The van der Waals surface area contributed by atoms with Gasteiger partial charge in [-0.2, -0.15) is 0 Å². The topological polar surface area (TPSA) is 0 Å². The molecular formula is C28H28. The first-order valence-electron chi connectivity index (χ1n) is 10.1. The molecule has 0 aliphatic rings. The summed E-state index contributed by atoms with van der Waals surface area (Å²) < 4.78 is 0. The molecule has 2 radical (unpaired) electrons. The molecule has 4 rings (SSSR count). The Kier molecular flexibility index (Phi) is 4.34. The summed E-state index contributed by atoms with van der Waals surface area (Å²) in [6, 6.07) is 29.4. The molecule has 0 atom stereocenters. The largest absolute Gasteiger partial charge is 0.0616 e. The van der Waals surface area contributed by atoms with Gasteiger partial charge >= 0.3 is 0 Å². The molecule has 0 heterocycles. The number of benzene rings is 4. The number of hydrogen-bond acceptors (Lipinski definition) is 0. The quantitative estimate of drug-likeness (QED) is 0.322. The summed E-state index contributed by atoms with van der Waals surface area (Å²) in [5, 5.41) is 5.01. The van der Waals surface area contributed by atoms with Gasteiger partial charge in [0.2, 0.25) is 0 Å². The lowest BCUT2D eigenvalue weighted by Gasteiger charge is -2.24. The Labute approximate surface area is 169 Å². The van der Waals surface area contributed by atoms with Crippen molar-refractivity contribution >= 4 is 21.5 Å². The second kappa shape index (κ2) is 6.48. The van der Waals surface area contributed by atoms with Crippen LogP contribution < -0.4 is 0 Å². The van der Waals surface area contributed by atoms with Crippen LogP contribution in [0.25, 0.3) is 32.7 Å². The van der Waals surface area contributed by atoms with Crippen molar-refractivity contribution in [2.24, 2.45) is 0 Å². The maximum absolute atomic E-state index is 3.78. The van der Waals surface area contributed by atoms with E-state index in [0.29, 0.717) is 0 Å². The molecule has 4 aromatic carbocycles. The Balaban J connectivity index is 2.14. The van der Waals surface area contributed by atoms with E-state index in [4.69, 9.17) is 0 Å². The normalized spacial score (nSPS) is 12.6. The maximum atomic E-state index is 3.78. The highest BCUT2D eigenvalue weighted by atomic mass is 14.2. The first-order chi connectivity index (χ1) is 13.1. The summed E-state index contributed by atoms with van der Waals surface area (Å²) in [6.07, 6.45) is 0. The van der Waals surface area contributed by atoms with Crippen LogP contribution in [-0.2, 0) is 10.8 Å². The van der Waals surface area contributed by atoms with E-state index in [2.05, 4.69) is 114 Å². The fourth-order valence-electron chi connectivity index (χ4n) is 3.69. The fraction of sp³-hybridized carbons (Fsp3) is 0.286. The molecule has 0 saturated heterocycles. The monoisotopic (exact) mass is 364 g/mol. The average molecular weight is 365 g/mol. The van der Waals surface area contributed by atoms with E-state index in [1.165, 1.54) is 32.7 Å². The van der Waals surface area contributed by atoms with E-state index in [1.54, 1.807) is 0 Å². The van der Waals surface area contributed by atoms with Crippen molar-refractivity contribution in [3.63, 3.8) is 0 Å². The lowest BCUT2D eigenvalue weighted by Crippen LogP contribution is -2.12. The van der Waals surface area contributed by atoms with Crippen LogP contribution in [0.4, 0.5) is 0 Å². The summed E-state index contributed by atoms with van der Waals surface area (Å²) in [4.78, 5) is 0. The van der Waals surface area contributed by atoms with Crippen LogP contribution >= 0.6 is 0 Å². The summed E-state index contributed by atoms with van der Waals surface area (Å²) in [7, 11) is 0. The molecule has 0 aliphatic carbocycles. The Morgan fingerprint density at radius 2 is 0.893 bits per heavy atom. The van der Waals surface area contributed by atoms with E-state index < -0.39 is 0 Å². The fourth-order valence-corrected chi connectivity index (χ4v) is 3.69. The molecule has 0 aromatic heterocycles. The Morgan fingerprint density at radius 3 is 1.25 bits per heavy atom. The van der Waals surface area contributed by atoms with Crippen LogP contribution in [0.2, 0.25) is 0 Å². The SMILES string of the molecule is CC(C)(C)c1[c]c(-c2[c]c(C(C)(C)C)cc3ccccc23)c2ccccc2c1. The van der Waals surface area contributed by atoms with Crippen molar-refractivity contribution in [3.05, 3.63) is 83.9 Å². The lowest BCUT2D eigenvalue weighted by atomic mass is 9.80.